The van der Waals surface area contributed by atoms with Gasteiger partial charge in [-0.25, -0.2) is 4.39 Å². The molecule has 0 atom stereocenters. The normalized spacial score (nSPS) is 10.1. The summed E-state index contributed by atoms with van der Waals surface area (Å²) in [6.07, 6.45) is 2.98. The molecule has 1 radical (unpaired) electrons. The van der Waals surface area contributed by atoms with E-state index in [0.717, 1.165) is 12.0 Å². The van der Waals surface area contributed by atoms with Crippen molar-refractivity contribution in [1.82, 2.24) is 0 Å². The van der Waals surface area contributed by atoms with Crippen LogP contribution in [0.1, 0.15) is 18.1 Å². The van der Waals surface area contributed by atoms with Gasteiger partial charge < -0.3 is 0 Å². The smallest absolute Gasteiger partial charge is 0.126 e. The average Bonchev–Trinajstić information content (AvgIpc) is 1.98. The highest BCUT2D eigenvalue weighted by Gasteiger charge is 1.96. The Kier molecular flexibility index (Phi) is 2.64. The maximum absolute atomic E-state index is 12.7. The summed E-state index contributed by atoms with van der Waals surface area (Å²) in [5, 5.41) is 0. The van der Waals surface area contributed by atoms with Crippen molar-refractivity contribution in [1.29, 1.82) is 0 Å². The highest BCUT2D eigenvalue weighted by molar-refractivity contribution is 5.24. The molecule has 11 heavy (non-hydrogen) atoms. The van der Waals surface area contributed by atoms with E-state index in [2.05, 4.69) is 6.42 Å². The van der Waals surface area contributed by atoms with Crippen molar-refractivity contribution < 1.29 is 4.39 Å². The van der Waals surface area contributed by atoms with E-state index >= 15 is 0 Å². The maximum Gasteiger partial charge on any atom is 0.126 e. The fraction of sp³-hybridized carbons (Fsp3) is 0.300. The van der Waals surface area contributed by atoms with Crippen LogP contribution in [0.15, 0.2) is 18.2 Å². The van der Waals surface area contributed by atoms with E-state index in [-0.39, 0.29) is 5.82 Å². The van der Waals surface area contributed by atoms with E-state index in [1.807, 2.05) is 19.1 Å². The topological polar surface area (TPSA) is 0 Å². The lowest BCUT2D eigenvalue weighted by atomic mass is 10.1. The third-order valence-electron chi connectivity index (χ3n) is 1.66. The van der Waals surface area contributed by atoms with Crippen molar-refractivity contribution in [3.05, 3.63) is 41.6 Å². The van der Waals surface area contributed by atoms with Gasteiger partial charge in [-0.2, -0.15) is 0 Å². The van der Waals surface area contributed by atoms with Crippen molar-refractivity contribution in [2.45, 2.75) is 20.3 Å². The molecule has 0 nitrogen and oxygen atoms in total. The second-order valence-electron chi connectivity index (χ2n) is 2.70. The summed E-state index contributed by atoms with van der Waals surface area (Å²) in [5.41, 5.74) is 1.90. The average molecular weight is 151 g/mol. The molecule has 0 saturated carbocycles. The summed E-state index contributed by atoms with van der Waals surface area (Å²) in [5.74, 6) is -0.121. The zero-order valence-electron chi connectivity index (χ0n) is 6.89. The zero-order valence-corrected chi connectivity index (χ0v) is 6.89. The lowest BCUT2D eigenvalue weighted by molar-refractivity contribution is 0.617. The molecule has 0 amide bonds. The van der Waals surface area contributed by atoms with Crippen LogP contribution in [0.25, 0.3) is 0 Å². The fourth-order valence-electron chi connectivity index (χ4n) is 1.07. The molecule has 0 fully saturated rings. The second-order valence-corrected chi connectivity index (χ2v) is 2.70. The number of hydrogen-bond donors (Lipinski definition) is 0. The summed E-state index contributed by atoms with van der Waals surface area (Å²) in [4.78, 5) is 0. The summed E-state index contributed by atoms with van der Waals surface area (Å²) in [6.45, 7) is 3.78. The van der Waals surface area contributed by atoms with Crippen LogP contribution in [0.5, 0.6) is 0 Å². The van der Waals surface area contributed by atoms with Crippen LogP contribution < -0.4 is 0 Å². The van der Waals surface area contributed by atoms with Gasteiger partial charge in [0.1, 0.15) is 5.82 Å². The molecule has 0 unspecified atom stereocenters. The summed E-state index contributed by atoms with van der Waals surface area (Å²) in [6, 6.07) is 5.23. The number of benzene rings is 1. The van der Waals surface area contributed by atoms with Crippen LogP contribution in [0.2, 0.25) is 0 Å². The minimum Gasteiger partial charge on any atom is -0.207 e. The van der Waals surface area contributed by atoms with Crippen molar-refractivity contribution in [2.75, 3.05) is 0 Å². The van der Waals surface area contributed by atoms with Gasteiger partial charge in [-0.05, 0) is 37.0 Å². The molecule has 1 rings (SSSR count). The van der Waals surface area contributed by atoms with Gasteiger partial charge in [0.25, 0.3) is 0 Å². The Morgan fingerprint density at radius 3 is 2.73 bits per heavy atom. The van der Waals surface area contributed by atoms with E-state index in [0.29, 0.717) is 0 Å². The Morgan fingerprint density at radius 2 is 2.18 bits per heavy atom. The summed E-state index contributed by atoms with van der Waals surface area (Å²) >= 11 is 0. The molecule has 0 aromatic heterocycles. The van der Waals surface area contributed by atoms with Crippen molar-refractivity contribution in [3.63, 3.8) is 0 Å². The van der Waals surface area contributed by atoms with Gasteiger partial charge in [0.05, 0.1) is 0 Å². The maximum atomic E-state index is 12.7. The summed E-state index contributed by atoms with van der Waals surface area (Å²) < 4.78 is 12.7. The van der Waals surface area contributed by atoms with Crippen LogP contribution >= 0.6 is 0 Å². The summed E-state index contributed by atoms with van der Waals surface area (Å²) in [7, 11) is 0. The molecule has 0 saturated heterocycles. The van der Waals surface area contributed by atoms with Crippen LogP contribution in [0.3, 0.4) is 0 Å². The lowest BCUT2D eigenvalue weighted by Crippen LogP contribution is -1.87. The number of halogens is 1. The molecule has 0 aliphatic rings. The molecule has 1 aromatic rings. The minimum absolute atomic E-state index is 0.121. The number of rotatable bonds is 2. The first-order valence-electron chi connectivity index (χ1n) is 3.77. The largest absolute Gasteiger partial charge is 0.207 e. The van der Waals surface area contributed by atoms with E-state index in [9.17, 15) is 4.39 Å². The van der Waals surface area contributed by atoms with Crippen LogP contribution in [-0.2, 0) is 6.42 Å². The highest BCUT2D eigenvalue weighted by Crippen LogP contribution is 2.10. The van der Waals surface area contributed by atoms with Gasteiger partial charge in [-0.3, -0.25) is 0 Å². The van der Waals surface area contributed by atoms with Crippen molar-refractivity contribution >= 4 is 0 Å². The Labute approximate surface area is 67.1 Å². The fourth-order valence-corrected chi connectivity index (χ4v) is 1.07. The number of hydrogen-bond acceptors (Lipinski definition) is 0. The number of aryl methyl sites for hydroxylation is 1. The van der Waals surface area contributed by atoms with E-state index in [1.54, 1.807) is 6.92 Å². The SMILES string of the molecule is C[CH]Cc1ccc(F)c(C)c1. The molecule has 0 aliphatic carbocycles. The van der Waals surface area contributed by atoms with E-state index in [1.165, 1.54) is 11.6 Å². The monoisotopic (exact) mass is 151 g/mol. The first-order valence-corrected chi connectivity index (χ1v) is 3.77. The molecular formula is C10H12F. The van der Waals surface area contributed by atoms with Gasteiger partial charge in [-0.1, -0.05) is 19.1 Å². The molecule has 0 heterocycles. The predicted octanol–water partition coefficient (Wildman–Crippen LogP) is 2.90. The van der Waals surface area contributed by atoms with Gasteiger partial charge in [0.2, 0.25) is 0 Å². The van der Waals surface area contributed by atoms with Crippen LogP contribution in [-0.4, -0.2) is 0 Å². The van der Waals surface area contributed by atoms with Gasteiger partial charge >= 0.3 is 0 Å². The van der Waals surface area contributed by atoms with Gasteiger partial charge in [0.15, 0.2) is 0 Å². The van der Waals surface area contributed by atoms with Gasteiger partial charge in [-0.15, -0.1) is 0 Å². The van der Waals surface area contributed by atoms with E-state index in [4.69, 9.17) is 0 Å². The first kappa shape index (κ1) is 8.25. The lowest BCUT2D eigenvalue weighted by Gasteiger charge is -2.00. The van der Waals surface area contributed by atoms with Crippen LogP contribution in [0, 0.1) is 19.2 Å². The van der Waals surface area contributed by atoms with Gasteiger partial charge in [0, 0.05) is 0 Å². The van der Waals surface area contributed by atoms with Crippen LogP contribution in [0.4, 0.5) is 4.39 Å². The Balaban J connectivity index is 2.86. The predicted molar refractivity (Wildman–Crippen MR) is 44.8 cm³/mol. The first-order chi connectivity index (χ1) is 5.24. The molecule has 0 bridgehead atoms. The molecule has 0 N–H and O–H groups in total. The van der Waals surface area contributed by atoms with Crippen molar-refractivity contribution in [3.8, 4) is 0 Å². The Bertz CT molecular complexity index is 241. The molecular weight excluding hydrogens is 139 g/mol. The molecule has 1 heteroatoms. The molecule has 0 spiro atoms. The third-order valence-corrected chi connectivity index (χ3v) is 1.66. The Hall–Kier alpha value is -0.850. The highest BCUT2D eigenvalue weighted by atomic mass is 19.1. The molecule has 0 aliphatic heterocycles. The Morgan fingerprint density at radius 1 is 1.45 bits per heavy atom. The second kappa shape index (κ2) is 3.51. The quantitative estimate of drug-likeness (QED) is 0.609. The third kappa shape index (κ3) is 2.04. The molecule has 1 aromatic carbocycles. The standard InChI is InChI=1S/C10H12F/c1-3-4-9-5-6-10(11)8(2)7-9/h3,5-7H,4H2,1-2H3. The van der Waals surface area contributed by atoms with E-state index < -0.39 is 0 Å². The zero-order chi connectivity index (χ0) is 8.27. The van der Waals surface area contributed by atoms with Crippen molar-refractivity contribution in [2.24, 2.45) is 0 Å². The molecule has 59 valence electrons. The minimum atomic E-state index is -0.121.